The van der Waals surface area contributed by atoms with Crippen molar-refractivity contribution in [2.45, 2.75) is 6.61 Å². The highest BCUT2D eigenvalue weighted by molar-refractivity contribution is 5.89. The Morgan fingerprint density at radius 3 is 2.64 bits per heavy atom. The molecule has 0 saturated heterocycles. The van der Waals surface area contributed by atoms with Gasteiger partial charge in [0.1, 0.15) is 12.4 Å². The molecule has 1 heterocycles. The smallest absolute Gasteiger partial charge is 0.338 e. The van der Waals surface area contributed by atoms with E-state index in [-0.39, 0.29) is 12.4 Å². The summed E-state index contributed by atoms with van der Waals surface area (Å²) >= 11 is 0. The Balaban J connectivity index is 1.65. The molecule has 5 heteroatoms. The summed E-state index contributed by atoms with van der Waals surface area (Å²) in [6.45, 7) is 0.0392. The van der Waals surface area contributed by atoms with Crippen molar-refractivity contribution in [3.05, 3.63) is 83.9 Å². The maximum Gasteiger partial charge on any atom is 0.338 e. The molecule has 0 radical (unpaired) electrons. The first-order chi connectivity index (χ1) is 10.7. The van der Waals surface area contributed by atoms with Gasteiger partial charge in [-0.1, -0.05) is 12.1 Å². The number of rotatable bonds is 4. The lowest BCUT2D eigenvalue weighted by Gasteiger charge is -2.06. The van der Waals surface area contributed by atoms with Crippen molar-refractivity contribution in [2.24, 2.45) is 0 Å². The second-order valence-corrected chi connectivity index (χ2v) is 4.70. The average Bonchev–Trinajstić information content (AvgIpc) is 3.07. The van der Waals surface area contributed by atoms with Gasteiger partial charge in [-0.15, -0.1) is 0 Å². The molecule has 0 spiro atoms. The monoisotopic (exact) mass is 296 g/mol. The van der Waals surface area contributed by atoms with E-state index in [2.05, 4.69) is 5.10 Å². The first-order valence-corrected chi connectivity index (χ1v) is 6.74. The Hall–Kier alpha value is -2.95. The van der Waals surface area contributed by atoms with E-state index in [1.165, 1.54) is 12.1 Å². The minimum Gasteiger partial charge on any atom is -0.457 e. The second kappa shape index (κ2) is 6.22. The molecule has 0 saturated carbocycles. The maximum atomic E-state index is 13.0. The lowest BCUT2D eigenvalue weighted by atomic mass is 10.2. The molecule has 2 aromatic carbocycles. The first-order valence-electron chi connectivity index (χ1n) is 6.74. The van der Waals surface area contributed by atoms with Crippen LogP contribution in [0.2, 0.25) is 0 Å². The summed E-state index contributed by atoms with van der Waals surface area (Å²) in [5, 5.41) is 4.11. The molecular formula is C17H13FN2O2. The van der Waals surface area contributed by atoms with Gasteiger partial charge in [-0.05, 0) is 48.0 Å². The Kier molecular flexibility index (Phi) is 3.96. The summed E-state index contributed by atoms with van der Waals surface area (Å²) in [5.41, 5.74) is 1.90. The highest BCUT2D eigenvalue weighted by Crippen LogP contribution is 2.11. The third kappa shape index (κ3) is 3.20. The van der Waals surface area contributed by atoms with Crippen molar-refractivity contribution in [1.29, 1.82) is 0 Å². The van der Waals surface area contributed by atoms with E-state index >= 15 is 0 Å². The predicted octanol–water partition coefficient (Wildman–Crippen LogP) is 3.37. The average molecular weight is 296 g/mol. The Morgan fingerprint density at radius 2 is 1.95 bits per heavy atom. The molecule has 4 nitrogen and oxygen atoms in total. The number of hydrogen-bond donors (Lipinski definition) is 0. The van der Waals surface area contributed by atoms with Crippen molar-refractivity contribution in [1.82, 2.24) is 9.78 Å². The van der Waals surface area contributed by atoms with Gasteiger partial charge in [-0.25, -0.2) is 13.9 Å². The van der Waals surface area contributed by atoms with Gasteiger partial charge >= 0.3 is 5.97 Å². The molecule has 0 unspecified atom stereocenters. The number of halogens is 1. The lowest BCUT2D eigenvalue weighted by molar-refractivity contribution is 0.0472. The predicted molar refractivity (Wildman–Crippen MR) is 79.1 cm³/mol. The Bertz CT molecular complexity index is 768. The van der Waals surface area contributed by atoms with Crippen LogP contribution in [0.25, 0.3) is 5.69 Å². The van der Waals surface area contributed by atoms with Crippen LogP contribution in [0.5, 0.6) is 0 Å². The Morgan fingerprint density at radius 1 is 1.14 bits per heavy atom. The van der Waals surface area contributed by atoms with E-state index in [1.54, 1.807) is 47.3 Å². The van der Waals surface area contributed by atoms with Gasteiger partial charge in [0.2, 0.25) is 0 Å². The van der Waals surface area contributed by atoms with Crippen molar-refractivity contribution in [2.75, 3.05) is 0 Å². The fraction of sp³-hybridized carbons (Fsp3) is 0.0588. The summed E-state index contributed by atoms with van der Waals surface area (Å²) in [5.74, 6) is -0.798. The summed E-state index contributed by atoms with van der Waals surface area (Å²) in [6, 6.07) is 14.7. The standard InChI is InChI=1S/C17H13FN2O2/c18-15-4-1-3-13(11-15)12-22-17(21)14-5-7-16(8-6-14)20-10-2-9-19-20/h1-11H,12H2. The van der Waals surface area contributed by atoms with E-state index in [0.717, 1.165) is 5.69 Å². The van der Waals surface area contributed by atoms with Crippen LogP contribution < -0.4 is 0 Å². The molecular weight excluding hydrogens is 283 g/mol. The largest absolute Gasteiger partial charge is 0.457 e. The maximum absolute atomic E-state index is 13.0. The topological polar surface area (TPSA) is 44.1 Å². The van der Waals surface area contributed by atoms with Crippen LogP contribution in [-0.2, 0) is 11.3 Å². The molecule has 0 aliphatic heterocycles. The molecule has 0 atom stereocenters. The second-order valence-electron chi connectivity index (χ2n) is 4.70. The van der Waals surface area contributed by atoms with Gasteiger partial charge in [0.15, 0.2) is 0 Å². The molecule has 1 aromatic heterocycles. The molecule has 110 valence electrons. The van der Waals surface area contributed by atoms with Crippen molar-refractivity contribution < 1.29 is 13.9 Å². The number of hydrogen-bond acceptors (Lipinski definition) is 3. The van der Waals surface area contributed by atoms with E-state index in [4.69, 9.17) is 4.74 Å². The molecule has 0 aliphatic rings. The van der Waals surface area contributed by atoms with E-state index in [9.17, 15) is 9.18 Å². The van der Waals surface area contributed by atoms with Crippen LogP contribution >= 0.6 is 0 Å². The minimum atomic E-state index is -0.448. The van der Waals surface area contributed by atoms with Crippen LogP contribution in [0.4, 0.5) is 4.39 Å². The number of carbonyl (C=O) groups excluding carboxylic acids is 1. The van der Waals surface area contributed by atoms with Gasteiger partial charge in [-0.2, -0.15) is 5.10 Å². The Labute approximate surface area is 126 Å². The fourth-order valence-corrected chi connectivity index (χ4v) is 2.03. The van der Waals surface area contributed by atoms with Crippen LogP contribution in [-0.4, -0.2) is 15.7 Å². The van der Waals surface area contributed by atoms with Gasteiger partial charge in [0, 0.05) is 12.4 Å². The number of aromatic nitrogens is 2. The zero-order valence-corrected chi connectivity index (χ0v) is 11.6. The van der Waals surface area contributed by atoms with Gasteiger partial charge in [-0.3, -0.25) is 0 Å². The third-order valence-corrected chi connectivity index (χ3v) is 3.13. The number of nitrogens with zero attached hydrogens (tertiary/aromatic N) is 2. The van der Waals surface area contributed by atoms with E-state index in [1.807, 2.05) is 12.3 Å². The van der Waals surface area contributed by atoms with E-state index in [0.29, 0.717) is 11.1 Å². The highest BCUT2D eigenvalue weighted by atomic mass is 19.1. The zero-order valence-electron chi connectivity index (χ0n) is 11.6. The summed E-state index contributed by atoms with van der Waals surface area (Å²) in [4.78, 5) is 12.0. The fourth-order valence-electron chi connectivity index (χ4n) is 2.03. The van der Waals surface area contributed by atoms with Crippen molar-refractivity contribution in [3.63, 3.8) is 0 Å². The van der Waals surface area contributed by atoms with Gasteiger partial charge in [0.25, 0.3) is 0 Å². The number of ether oxygens (including phenoxy) is 1. The van der Waals surface area contributed by atoms with Crippen LogP contribution in [0, 0.1) is 5.82 Å². The van der Waals surface area contributed by atoms with Crippen molar-refractivity contribution in [3.8, 4) is 5.69 Å². The molecule has 3 aromatic rings. The zero-order chi connectivity index (χ0) is 15.4. The van der Waals surface area contributed by atoms with Crippen molar-refractivity contribution >= 4 is 5.97 Å². The third-order valence-electron chi connectivity index (χ3n) is 3.13. The quantitative estimate of drug-likeness (QED) is 0.693. The molecule has 0 fully saturated rings. The van der Waals surface area contributed by atoms with Crippen LogP contribution in [0.3, 0.4) is 0 Å². The molecule has 3 rings (SSSR count). The molecule has 22 heavy (non-hydrogen) atoms. The SMILES string of the molecule is O=C(OCc1cccc(F)c1)c1ccc(-n2cccn2)cc1. The van der Waals surface area contributed by atoms with Gasteiger partial charge in [0.05, 0.1) is 11.3 Å². The lowest BCUT2D eigenvalue weighted by Crippen LogP contribution is -2.05. The summed E-state index contributed by atoms with van der Waals surface area (Å²) in [6.07, 6.45) is 3.50. The van der Waals surface area contributed by atoms with Gasteiger partial charge < -0.3 is 4.74 Å². The van der Waals surface area contributed by atoms with Crippen LogP contribution in [0.15, 0.2) is 67.0 Å². The minimum absolute atomic E-state index is 0.0392. The number of benzene rings is 2. The normalized spacial score (nSPS) is 10.4. The summed E-state index contributed by atoms with van der Waals surface area (Å²) < 4.78 is 19.9. The van der Waals surface area contributed by atoms with E-state index < -0.39 is 5.97 Å². The van der Waals surface area contributed by atoms with Crippen LogP contribution in [0.1, 0.15) is 15.9 Å². The summed E-state index contributed by atoms with van der Waals surface area (Å²) in [7, 11) is 0. The molecule has 0 aliphatic carbocycles. The molecule has 0 amide bonds. The first kappa shape index (κ1) is 14.0. The molecule has 0 bridgehead atoms. The molecule has 0 N–H and O–H groups in total. The number of carbonyl (C=O) groups is 1. The highest BCUT2D eigenvalue weighted by Gasteiger charge is 2.08. The number of esters is 1.